The number of methoxy groups -OCH3 is 1. The van der Waals surface area contributed by atoms with Crippen LogP contribution in [0.5, 0.6) is 0 Å². The van der Waals surface area contributed by atoms with Gasteiger partial charge in [-0.2, -0.15) is 0 Å². The molecule has 5 heteroatoms. The summed E-state index contributed by atoms with van der Waals surface area (Å²) >= 11 is 0. The maximum atomic E-state index is 11.0. The van der Waals surface area contributed by atoms with Crippen molar-refractivity contribution in [3.63, 3.8) is 0 Å². The number of nitrogen functional groups attached to an aromatic ring is 1. The molecule has 0 fully saturated rings. The van der Waals surface area contributed by atoms with Crippen molar-refractivity contribution < 1.29 is 14.6 Å². The zero-order valence-corrected chi connectivity index (χ0v) is 8.73. The second-order valence-electron chi connectivity index (χ2n) is 3.29. The standard InChI is InChI=1S/C10H14N2O3/c1-6-3-7(5-12-9(6)11)4-8(13)10(14)15-2/h3,5,8,13H,4H2,1-2H3,(H2,11,12)/t8-/m1/s1. The molecular weight excluding hydrogens is 196 g/mol. The molecule has 0 spiro atoms. The van der Waals surface area contributed by atoms with Crippen LogP contribution in [0.1, 0.15) is 11.1 Å². The highest BCUT2D eigenvalue weighted by Gasteiger charge is 2.16. The summed E-state index contributed by atoms with van der Waals surface area (Å²) in [6.07, 6.45) is 0.565. The van der Waals surface area contributed by atoms with Crippen LogP contribution in [0, 0.1) is 6.92 Å². The van der Waals surface area contributed by atoms with Crippen LogP contribution in [-0.4, -0.2) is 29.3 Å². The van der Waals surface area contributed by atoms with Gasteiger partial charge in [0.25, 0.3) is 0 Å². The Kier molecular flexibility index (Phi) is 3.62. The molecule has 0 aromatic carbocycles. The minimum atomic E-state index is -1.15. The SMILES string of the molecule is COC(=O)[C@H](O)Cc1cnc(N)c(C)c1. The molecule has 0 aliphatic rings. The number of hydrogen-bond donors (Lipinski definition) is 2. The summed E-state index contributed by atoms with van der Waals surface area (Å²) in [4.78, 5) is 14.9. The molecule has 82 valence electrons. The first-order chi connectivity index (χ1) is 7.04. The monoisotopic (exact) mass is 210 g/mol. The van der Waals surface area contributed by atoms with E-state index in [1.807, 2.05) is 6.92 Å². The smallest absolute Gasteiger partial charge is 0.335 e. The van der Waals surface area contributed by atoms with E-state index in [0.717, 1.165) is 11.1 Å². The highest BCUT2D eigenvalue weighted by molar-refractivity contribution is 5.74. The lowest BCUT2D eigenvalue weighted by Crippen LogP contribution is -2.24. The number of anilines is 1. The van der Waals surface area contributed by atoms with Gasteiger partial charge in [0.15, 0.2) is 6.10 Å². The Morgan fingerprint density at radius 1 is 1.73 bits per heavy atom. The van der Waals surface area contributed by atoms with Crippen molar-refractivity contribution in [1.29, 1.82) is 0 Å². The van der Waals surface area contributed by atoms with Gasteiger partial charge in [0, 0.05) is 12.6 Å². The molecule has 1 aromatic rings. The summed E-state index contributed by atoms with van der Waals surface area (Å²) < 4.78 is 4.40. The normalized spacial score (nSPS) is 12.2. The van der Waals surface area contributed by atoms with Gasteiger partial charge in [-0.1, -0.05) is 6.07 Å². The third kappa shape index (κ3) is 2.92. The highest BCUT2D eigenvalue weighted by atomic mass is 16.5. The van der Waals surface area contributed by atoms with E-state index in [4.69, 9.17) is 5.73 Å². The number of rotatable bonds is 3. The number of nitrogens with two attached hydrogens (primary N) is 1. The van der Waals surface area contributed by atoms with Crippen molar-refractivity contribution in [1.82, 2.24) is 4.98 Å². The molecule has 0 saturated carbocycles. The molecule has 0 amide bonds. The van der Waals surface area contributed by atoms with E-state index >= 15 is 0 Å². The summed E-state index contributed by atoms with van der Waals surface area (Å²) in [6.45, 7) is 1.82. The first kappa shape index (κ1) is 11.5. The fraction of sp³-hybridized carbons (Fsp3) is 0.400. The van der Waals surface area contributed by atoms with Crippen LogP contribution < -0.4 is 5.73 Å². The molecule has 0 aliphatic carbocycles. The number of carbonyl (C=O) groups excluding carboxylic acids is 1. The van der Waals surface area contributed by atoms with E-state index in [2.05, 4.69) is 9.72 Å². The lowest BCUT2D eigenvalue weighted by atomic mass is 10.1. The number of aliphatic hydroxyl groups is 1. The highest BCUT2D eigenvalue weighted by Crippen LogP contribution is 2.11. The van der Waals surface area contributed by atoms with Gasteiger partial charge < -0.3 is 15.6 Å². The number of aromatic nitrogens is 1. The zero-order chi connectivity index (χ0) is 11.4. The maximum Gasteiger partial charge on any atom is 0.335 e. The summed E-state index contributed by atoms with van der Waals surface area (Å²) in [6, 6.07) is 1.79. The summed E-state index contributed by atoms with van der Waals surface area (Å²) in [5.74, 6) is -0.198. The Hall–Kier alpha value is -1.62. The number of carbonyl (C=O) groups is 1. The molecule has 0 saturated heterocycles. The van der Waals surface area contributed by atoms with E-state index in [1.54, 1.807) is 6.07 Å². The van der Waals surface area contributed by atoms with Gasteiger partial charge in [-0.05, 0) is 18.1 Å². The predicted octanol–water partition coefficient (Wildman–Crippen LogP) is 0.0486. The quantitative estimate of drug-likeness (QED) is 0.688. The van der Waals surface area contributed by atoms with Crippen molar-refractivity contribution in [2.75, 3.05) is 12.8 Å². The first-order valence-electron chi connectivity index (χ1n) is 4.51. The zero-order valence-electron chi connectivity index (χ0n) is 8.73. The Balaban J connectivity index is 2.73. The molecule has 15 heavy (non-hydrogen) atoms. The van der Waals surface area contributed by atoms with Gasteiger partial charge in [-0.3, -0.25) is 0 Å². The van der Waals surface area contributed by atoms with Gasteiger partial charge in [0.2, 0.25) is 0 Å². The van der Waals surface area contributed by atoms with Crippen molar-refractivity contribution in [2.45, 2.75) is 19.4 Å². The lowest BCUT2D eigenvalue weighted by molar-refractivity contribution is -0.150. The fourth-order valence-corrected chi connectivity index (χ4v) is 1.20. The molecule has 0 radical (unpaired) electrons. The number of aliphatic hydroxyl groups excluding tert-OH is 1. The number of esters is 1. The number of ether oxygens (including phenoxy) is 1. The van der Waals surface area contributed by atoms with Crippen molar-refractivity contribution in [3.05, 3.63) is 23.4 Å². The van der Waals surface area contributed by atoms with Crippen LogP contribution in [0.3, 0.4) is 0 Å². The Labute approximate surface area is 87.9 Å². The maximum absolute atomic E-state index is 11.0. The van der Waals surface area contributed by atoms with Crippen LogP contribution in [0.25, 0.3) is 0 Å². The van der Waals surface area contributed by atoms with E-state index in [-0.39, 0.29) is 6.42 Å². The van der Waals surface area contributed by atoms with Crippen LogP contribution in [-0.2, 0) is 16.0 Å². The van der Waals surface area contributed by atoms with Gasteiger partial charge in [-0.25, -0.2) is 9.78 Å². The number of nitrogens with zero attached hydrogens (tertiary/aromatic N) is 1. The minimum Gasteiger partial charge on any atom is -0.467 e. The lowest BCUT2D eigenvalue weighted by Gasteiger charge is -2.08. The number of hydrogen-bond acceptors (Lipinski definition) is 5. The molecule has 1 rings (SSSR count). The van der Waals surface area contributed by atoms with E-state index in [9.17, 15) is 9.90 Å². The summed E-state index contributed by atoms with van der Waals surface area (Å²) in [5, 5.41) is 9.40. The third-order valence-electron chi connectivity index (χ3n) is 2.08. The molecule has 1 aromatic heterocycles. The molecule has 0 bridgehead atoms. The summed E-state index contributed by atoms with van der Waals surface area (Å²) in [5.41, 5.74) is 7.11. The Morgan fingerprint density at radius 2 is 2.40 bits per heavy atom. The Bertz CT molecular complexity index is 366. The van der Waals surface area contributed by atoms with Gasteiger partial charge >= 0.3 is 5.97 Å². The molecule has 0 aliphatic heterocycles. The molecular formula is C10H14N2O3. The largest absolute Gasteiger partial charge is 0.467 e. The van der Waals surface area contributed by atoms with Crippen LogP contribution >= 0.6 is 0 Å². The average Bonchev–Trinajstić information content (AvgIpc) is 2.22. The van der Waals surface area contributed by atoms with Crippen molar-refractivity contribution >= 4 is 11.8 Å². The van der Waals surface area contributed by atoms with Crippen LogP contribution in [0.15, 0.2) is 12.3 Å². The number of aryl methyl sites for hydroxylation is 1. The van der Waals surface area contributed by atoms with E-state index < -0.39 is 12.1 Å². The summed E-state index contributed by atoms with van der Waals surface area (Å²) in [7, 11) is 1.23. The third-order valence-corrected chi connectivity index (χ3v) is 2.08. The van der Waals surface area contributed by atoms with Gasteiger partial charge in [-0.15, -0.1) is 0 Å². The second-order valence-corrected chi connectivity index (χ2v) is 3.29. The van der Waals surface area contributed by atoms with E-state index in [1.165, 1.54) is 13.3 Å². The number of pyridine rings is 1. The molecule has 5 nitrogen and oxygen atoms in total. The molecule has 1 heterocycles. The topological polar surface area (TPSA) is 85.4 Å². The second kappa shape index (κ2) is 4.75. The fourth-order valence-electron chi connectivity index (χ4n) is 1.20. The minimum absolute atomic E-state index is 0.181. The van der Waals surface area contributed by atoms with Crippen LogP contribution in [0.4, 0.5) is 5.82 Å². The molecule has 1 atom stereocenters. The average molecular weight is 210 g/mol. The van der Waals surface area contributed by atoms with Gasteiger partial charge in [0.1, 0.15) is 5.82 Å². The van der Waals surface area contributed by atoms with Gasteiger partial charge in [0.05, 0.1) is 7.11 Å². The Morgan fingerprint density at radius 3 is 2.93 bits per heavy atom. The van der Waals surface area contributed by atoms with Crippen molar-refractivity contribution in [2.24, 2.45) is 0 Å². The first-order valence-corrected chi connectivity index (χ1v) is 4.51. The van der Waals surface area contributed by atoms with E-state index in [0.29, 0.717) is 5.82 Å². The molecule has 0 unspecified atom stereocenters. The predicted molar refractivity (Wildman–Crippen MR) is 55.1 cm³/mol. The van der Waals surface area contributed by atoms with Crippen LogP contribution in [0.2, 0.25) is 0 Å². The molecule has 3 N–H and O–H groups in total. The van der Waals surface area contributed by atoms with Crippen molar-refractivity contribution in [3.8, 4) is 0 Å².